The van der Waals surface area contributed by atoms with Gasteiger partial charge in [0.05, 0.1) is 18.7 Å². The van der Waals surface area contributed by atoms with Gasteiger partial charge in [0, 0.05) is 19.3 Å². The fourth-order valence-corrected chi connectivity index (χ4v) is 7.22. The number of carbonyl (C=O) groups excluding carboxylic acids is 2. The third kappa shape index (κ3) is 5.06. The quantitative estimate of drug-likeness (QED) is 0.540. The zero-order valence-electron chi connectivity index (χ0n) is 21.1. The molecular formula is C27H36N4O5. The van der Waals surface area contributed by atoms with Crippen molar-refractivity contribution in [3.05, 3.63) is 35.8 Å². The number of ether oxygens (including phenoxy) is 1. The van der Waals surface area contributed by atoms with Crippen molar-refractivity contribution in [1.29, 1.82) is 0 Å². The van der Waals surface area contributed by atoms with Crippen LogP contribution < -0.4 is 5.32 Å². The van der Waals surface area contributed by atoms with Crippen molar-refractivity contribution in [3.63, 3.8) is 0 Å². The van der Waals surface area contributed by atoms with Crippen molar-refractivity contribution in [2.45, 2.75) is 71.4 Å². The SMILES string of the molecule is CCN(Cc1cn2c(C(=O)NCC34CC5CC(CC(C5)C3)C4)cccc2n1)C(=O)OC(C)CC(=O)O. The Morgan fingerprint density at radius 2 is 1.86 bits per heavy atom. The van der Waals surface area contributed by atoms with E-state index in [-0.39, 0.29) is 24.3 Å². The number of fused-ring (bicyclic) bond motifs is 1. The number of aromatic nitrogens is 2. The van der Waals surface area contributed by atoms with E-state index >= 15 is 0 Å². The number of carbonyl (C=O) groups is 3. The second-order valence-electron chi connectivity index (χ2n) is 11.3. The van der Waals surface area contributed by atoms with Crippen LogP contribution in [0.15, 0.2) is 24.4 Å². The highest BCUT2D eigenvalue weighted by molar-refractivity contribution is 5.93. The topological polar surface area (TPSA) is 113 Å². The van der Waals surface area contributed by atoms with E-state index in [0.717, 1.165) is 24.3 Å². The van der Waals surface area contributed by atoms with E-state index in [0.29, 0.717) is 23.6 Å². The van der Waals surface area contributed by atoms with E-state index in [9.17, 15) is 14.4 Å². The summed E-state index contributed by atoms with van der Waals surface area (Å²) in [5.74, 6) is 1.40. The minimum Gasteiger partial charge on any atom is -0.481 e. The van der Waals surface area contributed by atoms with Gasteiger partial charge in [-0.3, -0.25) is 14.0 Å². The molecule has 2 N–H and O–H groups in total. The molecule has 4 bridgehead atoms. The molecule has 36 heavy (non-hydrogen) atoms. The molecule has 194 valence electrons. The van der Waals surface area contributed by atoms with E-state index in [1.807, 2.05) is 19.1 Å². The molecule has 1 unspecified atom stereocenters. The number of aliphatic carboxylic acids is 1. The Balaban J connectivity index is 1.25. The Morgan fingerprint density at radius 1 is 1.19 bits per heavy atom. The predicted molar refractivity (Wildman–Crippen MR) is 132 cm³/mol. The molecule has 2 heterocycles. The van der Waals surface area contributed by atoms with Gasteiger partial charge < -0.3 is 20.1 Å². The fraction of sp³-hybridized carbons (Fsp3) is 0.630. The van der Waals surface area contributed by atoms with Crippen LogP contribution in [0.4, 0.5) is 4.79 Å². The zero-order chi connectivity index (χ0) is 25.4. The number of pyridine rings is 1. The molecule has 9 heteroatoms. The summed E-state index contributed by atoms with van der Waals surface area (Å²) in [5, 5.41) is 12.1. The van der Waals surface area contributed by atoms with Crippen molar-refractivity contribution in [2.75, 3.05) is 13.1 Å². The lowest BCUT2D eigenvalue weighted by molar-refractivity contribution is -0.139. The Labute approximate surface area is 211 Å². The molecule has 2 aromatic rings. The molecule has 0 saturated heterocycles. The summed E-state index contributed by atoms with van der Waals surface area (Å²) in [6.07, 6.45) is 8.09. The van der Waals surface area contributed by atoms with Crippen LogP contribution in [0.2, 0.25) is 0 Å². The number of hydrogen-bond donors (Lipinski definition) is 2. The number of nitrogens with one attached hydrogen (secondary N) is 1. The van der Waals surface area contributed by atoms with Gasteiger partial charge in [-0.15, -0.1) is 0 Å². The Hall–Kier alpha value is -3.10. The maximum absolute atomic E-state index is 13.3. The molecule has 0 aromatic carbocycles. The number of amides is 2. The van der Waals surface area contributed by atoms with Crippen LogP contribution in [0, 0.1) is 23.2 Å². The number of rotatable bonds is 9. The van der Waals surface area contributed by atoms with Gasteiger partial charge in [0.15, 0.2) is 0 Å². The summed E-state index contributed by atoms with van der Waals surface area (Å²) in [6, 6.07) is 5.46. The maximum Gasteiger partial charge on any atom is 0.410 e. The summed E-state index contributed by atoms with van der Waals surface area (Å²) in [7, 11) is 0. The molecule has 4 fully saturated rings. The van der Waals surface area contributed by atoms with Crippen LogP contribution >= 0.6 is 0 Å². The summed E-state index contributed by atoms with van der Waals surface area (Å²) >= 11 is 0. The molecule has 0 spiro atoms. The molecular weight excluding hydrogens is 460 g/mol. The van der Waals surface area contributed by atoms with Crippen LogP contribution in [0.5, 0.6) is 0 Å². The second-order valence-corrected chi connectivity index (χ2v) is 11.3. The Bertz CT molecular complexity index is 1120. The molecule has 2 aromatic heterocycles. The number of carboxylic acid groups (broad SMARTS) is 1. The summed E-state index contributed by atoms with van der Waals surface area (Å²) in [4.78, 5) is 42.7. The molecule has 0 radical (unpaired) electrons. The van der Waals surface area contributed by atoms with E-state index in [1.54, 1.807) is 23.6 Å². The molecule has 4 saturated carbocycles. The largest absolute Gasteiger partial charge is 0.481 e. The second kappa shape index (κ2) is 9.75. The van der Waals surface area contributed by atoms with Crippen molar-refractivity contribution < 1.29 is 24.2 Å². The Kier molecular flexibility index (Phi) is 6.66. The standard InChI is InChI=1S/C27H36N4O5/c1-3-30(26(35)36-17(2)7-24(32)33)14-21-15-31-22(5-4-6-23(31)29-21)25(34)28-16-27-11-18-8-19(12-27)10-20(9-18)13-27/h4-6,15,17-20H,3,7-14,16H2,1-2H3,(H,28,34)(H,32,33). The van der Waals surface area contributed by atoms with Crippen LogP contribution in [-0.2, 0) is 16.1 Å². The molecule has 1 atom stereocenters. The number of nitrogens with zero attached hydrogens (tertiary/aromatic N) is 3. The van der Waals surface area contributed by atoms with Gasteiger partial charge in [0.2, 0.25) is 0 Å². The van der Waals surface area contributed by atoms with Gasteiger partial charge in [0.25, 0.3) is 5.91 Å². The third-order valence-corrected chi connectivity index (χ3v) is 8.32. The first kappa shape index (κ1) is 24.6. The fourth-order valence-electron chi connectivity index (χ4n) is 7.22. The molecule has 4 aliphatic carbocycles. The van der Waals surface area contributed by atoms with Gasteiger partial charge in [-0.2, -0.15) is 0 Å². The van der Waals surface area contributed by atoms with E-state index in [4.69, 9.17) is 9.84 Å². The zero-order valence-corrected chi connectivity index (χ0v) is 21.1. The normalized spacial score (nSPS) is 27.1. The minimum absolute atomic E-state index is 0.102. The molecule has 4 aliphatic rings. The summed E-state index contributed by atoms with van der Waals surface area (Å²) in [5.41, 5.74) is 2.05. The minimum atomic E-state index is -1.02. The van der Waals surface area contributed by atoms with Crippen molar-refractivity contribution in [3.8, 4) is 0 Å². The van der Waals surface area contributed by atoms with Gasteiger partial charge >= 0.3 is 12.1 Å². The number of carboxylic acids is 1. The average molecular weight is 497 g/mol. The summed E-state index contributed by atoms with van der Waals surface area (Å²) < 4.78 is 7.04. The monoisotopic (exact) mass is 496 g/mol. The van der Waals surface area contributed by atoms with Gasteiger partial charge in [-0.05, 0) is 87.7 Å². The lowest BCUT2D eigenvalue weighted by Crippen LogP contribution is -2.51. The smallest absolute Gasteiger partial charge is 0.410 e. The first-order valence-corrected chi connectivity index (χ1v) is 13.2. The number of hydrogen-bond acceptors (Lipinski definition) is 5. The Morgan fingerprint density at radius 3 is 2.47 bits per heavy atom. The van der Waals surface area contributed by atoms with Gasteiger partial charge in [-0.1, -0.05) is 6.07 Å². The van der Waals surface area contributed by atoms with Crippen LogP contribution in [0.1, 0.15) is 75.0 Å². The summed E-state index contributed by atoms with van der Waals surface area (Å²) in [6.45, 7) is 4.69. The van der Waals surface area contributed by atoms with E-state index in [1.165, 1.54) is 43.4 Å². The van der Waals surface area contributed by atoms with E-state index < -0.39 is 18.2 Å². The van der Waals surface area contributed by atoms with E-state index in [2.05, 4.69) is 10.3 Å². The first-order chi connectivity index (χ1) is 17.2. The highest BCUT2D eigenvalue weighted by Crippen LogP contribution is 2.59. The molecule has 6 rings (SSSR count). The highest BCUT2D eigenvalue weighted by atomic mass is 16.6. The third-order valence-electron chi connectivity index (χ3n) is 8.32. The molecule has 9 nitrogen and oxygen atoms in total. The lowest BCUT2D eigenvalue weighted by atomic mass is 9.49. The number of imidazole rings is 1. The molecule has 2 amide bonds. The van der Waals surface area contributed by atoms with Crippen LogP contribution in [0.25, 0.3) is 5.65 Å². The van der Waals surface area contributed by atoms with Gasteiger partial charge in [0.1, 0.15) is 17.4 Å². The maximum atomic E-state index is 13.3. The van der Waals surface area contributed by atoms with Crippen molar-refractivity contribution in [2.24, 2.45) is 23.2 Å². The predicted octanol–water partition coefficient (Wildman–Crippen LogP) is 4.10. The lowest BCUT2D eigenvalue weighted by Gasteiger charge is -2.56. The molecule has 0 aliphatic heterocycles. The van der Waals surface area contributed by atoms with Crippen LogP contribution in [-0.4, -0.2) is 56.6 Å². The average Bonchev–Trinajstić information content (AvgIpc) is 3.22. The first-order valence-electron chi connectivity index (χ1n) is 13.2. The van der Waals surface area contributed by atoms with Crippen molar-refractivity contribution >= 4 is 23.6 Å². The van der Waals surface area contributed by atoms with Gasteiger partial charge in [-0.25, -0.2) is 9.78 Å². The van der Waals surface area contributed by atoms with Crippen LogP contribution in [0.3, 0.4) is 0 Å². The highest BCUT2D eigenvalue weighted by Gasteiger charge is 2.50. The van der Waals surface area contributed by atoms with Crippen molar-refractivity contribution in [1.82, 2.24) is 19.6 Å².